The number of nitrogens with one attached hydrogen (secondary N) is 1. The van der Waals surface area contributed by atoms with E-state index < -0.39 is 0 Å². The average molecular weight is 300 g/mol. The Labute approximate surface area is 130 Å². The van der Waals surface area contributed by atoms with Gasteiger partial charge in [0.05, 0.1) is 7.11 Å². The number of aromatic hydroxyl groups is 1. The summed E-state index contributed by atoms with van der Waals surface area (Å²) in [7, 11) is 1.46. The number of hydrogen-bond donors (Lipinski definition) is 2. The third-order valence-corrected chi connectivity index (χ3v) is 3.82. The summed E-state index contributed by atoms with van der Waals surface area (Å²) in [6, 6.07) is 6.82. The standard InChI is InChI=1S/C17H20N2O3/c1-22-16-8-7-12(10-15(16)20)9-13(11-18)17(21)19-14-5-3-2-4-6-14/h7-10,14,20H,2-6H2,1H3,(H,19,21)/b13-9-. The van der Waals surface area contributed by atoms with E-state index in [0.717, 1.165) is 25.7 Å². The summed E-state index contributed by atoms with van der Waals surface area (Å²) in [6.45, 7) is 0. The van der Waals surface area contributed by atoms with E-state index in [4.69, 9.17) is 4.74 Å². The molecule has 0 saturated heterocycles. The number of carbonyl (C=O) groups is 1. The van der Waals surface area contributed by atoms with Crippen LogP contribution in [0.2, 0.25) is 0 Å². The number of nitriles is 1. The van der Waals surface area contributed by atoms with Gasteiger partial charge in [-0.05, 0) is 36.6 Å². The van der Waals surface area contributed by atoms with Crippen molar-refractivity contribution in [2.75, 3.05) is 7.11 Å². The van der Waals surface area contributed by atoms with Crippen LogP contribution < -0.4 is 10.1 Å². The predicted molar refractivity (Wildman–Crippen MR) is 83.3 cm³/mol. The van der Waals surface area contributed by atoms with Gasteiger partial charge in [0.15, 0.2) is 11.5 Å². The molecular weight excluding hydrogens is 280 g/mol. The van der Waals surface area contributed by atoms with Crippen molar-refractivity contribution in [3.8, 4) is 17.6 Å². The van der Waals surface area contributed by atoms with Crippen LogP contribution >= 0.6 is 0 Å². The van der Waals surface area contributed by atoms with Gasteiger partial charge >= 0.3 is 0 Å². The molecular formula is C17H20N2O3. The van der Waals surface area contributed by atoms with Gasteiger partial charge in [-0.2, -0.15) is 5.26 Å². The Hall–Kier alpha value is -2.48. The SMILES string of the molecule is COc1ccc(/C=C(/C#N)C(=O)NC2CCCCC2)cc1O. The maximum absolute atomic E-state index is 12.2. The number of hydrogen-bond acceptors (Lipinski definition) is 4. The molecule has 1 fully saturated rings. The van der Waals surface area contributed by atoms with E-state index in [1.807, 2.05) is 6.07 Å². The average Bonchev–Trinajstić information content (AvgIpc) is 2.53. The number of amides is 1. The summed E-state index contributed by atoms with van der Waals surface area (Å²) in [5, 5.41) is 21.8. The lowest BCUT2D eigenvalue weighted by atomic mass is 9.95. The van der Waals surface area contributed by atoms with Crippen LogP contribution in [-0.2, 0) is 4.79 Å². The Morgan fingerprint density at radius 2 is 2.14 bits per heavy atom. The number of phenols is 1. The maximum Gasteiger partial charge on any atom is 0.262 e. The fraction of sp³-hybridized carbons (Fsp3) is 0.412. The number of ether oxygens (including phenoxy) is 1. The van der Waals surface area contributed by atoms with Crippen LogP contribution in [-0.4, -0.2) is 24.2 Å². The molecule has 1 amide bonds. The molecule has 1 aromatic carbocycles. The number of phenolic OH excluding ortho intramolecular Hbond substituents is 1. The largest absolute Gasteiger partial charge is 0.504 e. The van der Waals surface area contributed by atoms with Gasteiger partial charge in [0.1, 0.15) is 11.6 Å². The van der Waals surface area contributed by atoms with Gasteiger partial charge in [-0.25, -0.2) is 0 Å². The number of carbonyl (C=O) groups excluding carboxylic acids is 1. The lowest BCUT2D eigenvalue weighted by molar-refractivity contribution is -0.117. The van der Waals surface area contributed by atoms with E-state index in [1.165, 1.54) is 25.7 Å². The smallest absolute Gasteiger partial charge is 0.262 e. The minimum absolute atomic E-state index is 0.0266. The Morgan fingerprint density at radius 1 is 1.41 bits per heavy atom. The first kappa shape index (κ1) is 15.9. The molecule has 1 aliphatic rings. The molecule has 0 spiro atoms. The molecule has 116 valence electrons. The van der Waals surface area contributed by atoms with Crippen molar-refractivity contribution in [2.24, 2.45) is 0 Å². The number of rotatable bonds is 4. The van der Waals surface area contributed by atoms with Gasteiger partial charge in [-0.3, -0.25) is 4.79 Å². The molecule has 1 aliphatic carbocycles. The van der Waals surface area contributed by atoms with Gasteiger partial charge in [0.2, 0.25) is 0 Å². The number of benzene rings is 1. The molecule has 2 N–H and O–H groups in total. The lowest BCUT2D eigenvalue weighted by Gasteiger charge is -2.22. The second-order valence-corrected chi connectivity index (χ2v) is 5.41. The van der Waals surface area contributed by atoms with Crippen molar-refractivity contribution in [1.82, 2.24) is 5.32 Å². The van der Waals surface area contributed by atoms with Crippen molar-refractivity contribution in [2.45, 2.75) is 38.1 Å². The molecule has 0 radical (unpaired) electrons. The second-order valence-electron chi connectivity index (χ2n) is 5.41. The van der Waals surface area contributed by atoms with E-state index in [2.05, 4.69) is 5.32 Å². The Bertz CT molecular complexity index is 611. The molecule has 2 rings (SSSR count). The number of nitrogens with zero attached hydrogens (tertiary/aromatic N) is 1. The Morgan fingerprint density at radius 3 is 2.73 bits per heavy atom. The molecule has 5 heteroatoms. The van der Waals surface area contributed by atoms with Crippen LogP contribution in [0.4, 0.5) is 0 Å². The van der Waals surface area contributed by atoms with Crippen molar-refractivity contribution in [3.05, 3.63) is 29.3 Å². The summed E-state index contributed by atoms with van der Waals surface area (Å²) >= 11 is 0. The molecule has 1 aromatic rings. The minimum Gasteiger partial charge on any atom is -0.504 e. The zero-order valence-electron chi connectivity index (χ0n) is 12.6. The van der Waals surface area contributed by atoms with Crippen LogP contribution in [0.3, 0.4) is 0 Å². The highest BCUT2D eigenvalue weighted by Crippen LogP contribution is 2.27. The van der Waals surface area contributed by atoms with E-state index >= 15 is 0 Å². The topological polar surface area (TPSA) is 82.3 Å². The van der Waals surface area contributed by atoms with Crippen LogP contribution in [0.5, 0.6) is 11.5 Å². The normalized spacial score (nSPS) is 15.9. The van der Waals surface area contributed by atoms with Gasteiger partial charge in [0.25, 0.3) is 5.91 Å². The maximum atomic E-state index is 12.2. The lowest BCUT2D eigenvalue weighted by Crippen LogP contribution is -2.36. The Balaban J connectivity index is 2.11. The summed E-state index contributed by atoms with van der Waals surface area (Å²) in [5.41, 5.74) is 0.615. The molecule has 22 heavy (non-hydrogen) atoms. The highest BCUT2D eigenvalue weighted by Gasteiger charge is 2.18. The molecule has 0 bridgehead atoms. The molecule has 0 atom stereocenters. The third-order valence-electron chi connectivity index (χ3n) is 3.82. The highest BCUT2D eigenvalue weighted by atomic mass is 16.5. The van der Waals surface area contributed by atoms with Crippen molar-refractivity contribution < 1.29 is 14.6 Å². The van der Waals surface area contributed by atoms with Gasteiger partial charge in [-0.15, -0.1) is 0 Å². The third kappa shape index (κ3) is 4.01. The first-order valence-electron chi connectivity index (χ1n) is 7.43. The van der Waals surface area contributed by atoms with Crippen molar-refractivity contribution in [3.63, 3.8) is 0 Å². The summed E-state index contributed by atoms with van der Waals surface area (Å²) in [6.07, 6.45) is 6.84. The van der Waals surface area contributed by atoms with Crippen molar-refractivity contribution in [1.29, 1.82) is 5.26 Å². The fourth-order valence-corrected chi connectivity index (χ4v) is 2.62. The van der Waals surface area contributed by atoms with Gasteiger partial charge < -0.3 is 15.2 Å². The zero-order chi connectivity index (χ0) is 15.9. The second kappa shape index (κ2) is 7.51. The zero-order valence-corrected chi connectivity index (χ0v) is 12.6. The first-order chi connectivity index (χ1) is 10.6. The first-order valence-corrected chi connectivity index (χ1v) is 7.43. The molecule has 0 aromatic heterocycles. The number of methoxy groups -OCH3 is 1. The molecule has 0 heterocycles. The predicted octanol–water partition coefficient (Wildman–Crippen LogP) is 2.76. The van der Waals surface area contributed by atoms with E-state index in [-0.39, 0.29) is 23.3 Å². The Kier molecular flexibility index (Phi) is 5.42. The van der Waals surface area contributed by atoms with Crippen LogP contribution in [0.25, 0.3) is 6.08 Å². The quantitative estimate of drug-likeness (QED) is 0.661. The van der Waals surface area contributed by atoms with Crippen LogP contribution in [0.15, 0.2) is 23.8 Å². The van der Waals surface area contributed by atoms with Crippen LogP contribution in [0, 0.1) is 11.3 Å². The molecule has 1 saturated carbocycles. The highest BCUT2D eigenvalue weighted by molar-refractivity contribution is 6.01. The molecule has 0 unspecified atom stereocenters. The summed E-state index contributed by atoms with van der Waals surface area (Å²) in [5.74, 6) is -0.0340. The van der Waals surface area contributed by atoms with Gasteiger partial charge in [-0.1, -0.05) is 25.3 Å². The van der Waals surface area contributed by atoms with E-state index in [0.29, 0.717) is 11.3 Å². The van der Waals surface area contributed by atoms with Gasteiger partial charge in [0, 0.05) is 6.04 Å². The fourth-order valence-electron chi connectivity index (χ4n) is 2.62. The summed E-state index contributed by atoms with van der Waals surface area (Å²) in [4.78, 5) is 12.2. The van der Waals surface area contributed by atoms with Crippen LogP contribution in [0.1, 0.15) is 37.7 Å². The monoisotopic (exact) mass is 300 g/mol. The van der Waals surface area contributed by atoms with E-state index in [1.54, 1.807) is 12.1 Å². The summed E-state index contributed by atoms with van der Waals surface area (Å²) < 4.78 is 4.96. The van der Waals surface area contributed by atoms with Crippen molar-refractivity contribution >= 4 is 12.0 Å². The molecule has 0 aliphatic heterocycles. The minimum atomic E-state index is -0.357. The van der Waals surface area contributed by atoms with E-state index in [9.17, 15) is 15.2 Å². The molecule has 5 nitrogen and oxygen atoms in total.